The van der Waals surface area contributed by atoms with Gasteiger partial charge in [0.15, 0.2) is 0 Å². The van der Waals surface area contributed by atoms with E-state index in [1.807, 2.05) is 0 Å². The van der Waals surface area contributed by atoms with Crippen molar-refractivity contribution in [3.8, 4) is 0 Å². The SMILES string of the molecule is CCCCCN(CCC(N)=S)C(=O)COC. The number of carbonyl (C=O) groups is 1. The van der Waals surface area contributed by atoms with Gasteiger partial charge in [0.1, 0.15) is 6.61 Å². The highest BCUT2D eigenvalue weighted by Gasteiger charge is 2.12. The molecule has 0 fully saturated rings. The van der Waals surface area contributed by atoms with Crippen LogP contribution in [0.15, 0.2) is 0 Å². The molecule has 0 saturated carbocycles. The molecule has 0 aliphatic carbocycles. The molecule has 0 rings (SSSR count). The van der Waals surface area contributed by atoms with E-state index in [1.165, 1.54) is 7.11 Å². The third-order valence-electron chi connectivity index (χ3n) is 2.28. The van der Waals surface area contributed by atoms with Gasteiger partial charge in [-0.1, -0.05) is 32.0 Å². The number of nitrogens with zero attached hydrogens (tertiary/aromatic N) is 1. The first-order chi connectivity index (χ1) is 7.61. The Bertz CT molecular complexity index is 222. The number of carbonyl (C=O) groups excluding carboxylic acids is 1. The second-order valence-corrected chi connectivity index (χ2v) is 4.26. The molecular formula is C11H22N2O2S. The van der Waals surface area contributed by atoms with Gasteiger partial charge in [0, 0.05) is 26.6 Å². The number of hydrogen-bond acceptors (Lipinski definition) is 3. The van der Waals surface area contributed by atoms with Crippen molar-refractivity contribution in [3.05, 3.63) is 0 Å². The number of methoxy groups -OCH3 is 1. The van der Waals surface area contributed by atoms with E-state index in [2.05, 4.69) is 6.92 Å². The molecule has 0 saturated heterocycles. The van der Waals surface area contributed by atoms with Crippen LogP contribution in [0.1, 0.15) is 32.6 Å². The Balaban J connectivity index is 4.04. The smallest absolute Gasteiger partial charge is 0.248 e. The van der Waals surface area contributed by atoms with E-state index in [4.69, 9.17) is 22.7 Å². The van der Waals surface area contributed by atoms with Crippen LogP contribution in [0.2, 0.25) is 0 Å². The molecule has 0 aromatic heterocycles. The molecule has 1 amide bonds. The van der Waals surface area contributed by atoms with Crippen molar-refractivity contribution in [1.82, 2.24) is 4.90 Å². The van der Waals surface area contributed by atoms with Crippen LogP contribution < -0.4 is 5.73 Å². The van der Waals surface area contributed by atoms with Gasteiger partial charge in [0.05, 0.1) is 4.99 Å². The molecule has 0 aromatic carbocycles. The molecule has 0 heterocycles. The minimum Gasteiger partial charge on any atom is -0.393 e. The van der Waals surface area contributed by atoms with Crippen molar-refractivity contribution in [3.63, 3.8) is 0 Å². The highest BCUT2D eigenvalue weighted by Crippen LogP contribution is 2.01. The number of unbranched alkanes of at least 4 members (excludes halogenated alkanes) is 2. The summed E-state index contributed by atoms with van der Waals surface area (Å²) >= 11 is 4.81. The molecule has 16 heavy (non-hydrogen) atoms. The van der Waals surface area contributed by atoms with Gasteiger partial charge >= 0.3 is 0 Å². The molecule has 0 unspecified atom stereocenters. The van der Waals surface area contributed by atoms with E-state index in [1.54, 1.807) is 4.90 Å². The Kier molecular flexibility index (Phi) is 9.13. The third kappa shape index (κ3) is 7.59. The third-order valence-corrected chi connectivity index (χ3v) is 2.48. The zero-order chi connectivity index (χ0) is 12.4. The second kappa shape index (κ2) is 9.54. The molecule has 0 bridgehead atoms. The fraction of sp³-hybridized carbons (Fsp3) is 0.818. The Morgan fingerprint density at radius 3 is 2.56 bits per heavy atom. The van der Waals surface area contributed by atoms with Crippen LogP contribution in [0.3, 0.4) is 0 Å². The zero-order valence-corrected chi connectivity index (χ0v) is 11.0. The van der Waals surface area contributed by atoms with E-state index in [9.17, 15) is 4.79 Å². The molecule has 0 aromatic rings. The quantitative estimate of drug-likeness (QED) is 0.492. The molecule has 5 heteroatoms. The van der Waals surface area contributed by atoms with Crippen LogP contribution >= 0.6 is 12.2 Å². The first kappa shape index (κ1) is 15.3. The van der Waals surface area contributed by atoms with Gasteiger partial charge in [-0.25, -0.2) is 0 Å². The van der Waals surface area contributed by atoms with Gasteiger partial charge in [-0.15, -0.1) is 0 Å². The Labute approximate surface area is 103 Å². The van der Waals surface area contributed by atoms with Crippen LogP contribution in [0.4, 0.5) is 0 Å². The van der Waals surface area contributed by atoms with E-state index in [0.717, 1.165) is 25.8 Å². The predicted molar refractivity (Wildman–Crippen MR) is 69.4 cm³/mol. The number of ether oxygens (including phenoxy) is 1. The summed E-state index contributed by atoms with van der Waals surface area (Å²) in [6, 6.07) is 0. The van der Waals surface area contributed by atoms with Crippen molar-refractivity contribution in [2.24, 2.45) is 5.73 Å². The summed E-state index contributed by atoms with van der Waals surface area (Å²) in [6.45, 7) is 3.62. The first-order valence-corrected chi connectivity index (χ1v) is 6.07. The maximum atomic E-state index is 11.7. The summed E-state index contributed by atoms with van der Waals surface area (Å²) in [7, 11) is 1.52. The van der Waals surface area contributed by atoms with Crippen molar-refractivity contribution in [2.75, 3.05) is 26.8 Å². The summed E-state index contributed by atoms with van der Waals surface area (Å²) in [5.74, 6) is 0.00912. The monoisotopic (exact) mass is 246 g/mol. The Morgan fingerprint density at radius 2 is 2.06 bits per heavy atom. The first-order valence-electron chi connectivity index (χ1n) is 5.66. The van der Waals surface area contributed by atoms with E-state index < -0.39 is 0 Å². The predicted octanol–water partition coefficient (Wildman–Crippen LogP) is 1.33. The van der Waals surface area contributed by atoms with Crippen molar-refractivity contribution >= 4 is 23.1 Å². The lowest BCUT2D eigenvalue weighted by Gasteiger charge is -2.22. The molecular weight excluding hydrogens is 224 g/mol. The Morgan fingerprint density at radius 1 is 1.38 bits per heavy atom. The van der Waals surface area contributed by atoms with Gasteiger partial charge in [0.2, 0.25) is 5.91 Å². The number of rotatable bonds is 9. The standard InChI is InChI=1S/C11H22N2O2S/c1-3-4-5-7-13(8-6-10(12)16)11(14)9-15-2/h3-9H2,1-2H3,(H2,12,16). The second-order valence-electron chi connectivity index (χ2n) is 3.74. The van der Waals surface area contributed by atoms with Crippen LogP contribution in [0.25, 0.3) is 0 Å². The van der Waals surface area contributed by atoms with Crippen molar-refractivity contribution in [2.45, 2.75) is 32.6 Å². The molecule has 4 nitrogen and oxygen atoms in total. The molecule has 2 N–H and O–H groups in total. The van der Waals surface area contributed by atoms with Gasteiger partial charge in [-0.2, -0.15) is 0 Å². The van der Waals surface area contributed by atoms with Crippen LogP contribution in [-0.4, -0.2) is 42.6 Å². The molecule has 0 atom stereocenters. The number of amides is 1. The fourth-order valence-electron chi connectivity index (χ4n) is 1.37. The van der Waals surface area contributed by atoms with E-state index in [0.29, 0.717) is 18.0 Å². The fourth-order valence-corrected chi connectivity index (χ4v) is 1.47. The summed E-state index contributed by atoms with van der Waals surface area (Å²) in [5.41, 5.74) is 5.43. The molecule has 0 radical (unpaired) electrons. The molecule has 0 spiro atoms. The lowest BCUT2D eigenvalue weighted by Crippen LogP contribution is -2.36. The summed E-state index contributed by atoms with van der Waals surface area (Å²) < 4.78 is 4.84. The largest absolute Gasteiger partial charge is 0.393 e. The summed E-state index contributed by atoms with van der Waals surface area (Å²) in [5, 5.41) is 0. The number of nitrogens with two attached hydrogens (primary N) is 1. The average Bonchev–Trinajstić information content (AvgIpc) is 2.23. The van der Waals surface area contributed by atoms with E-state index in [-0.39, 0.29) is 12.5 Å². The molecule has 94 valence electrons. The topological polar surface area (TPSA) is 55.6 Å². The number of hydrogen-bond donors (Lipinski definition) is 1. The normalized spacial score (nSPS) is 10.1. The van der Waals surface area contributed by atoms with Gasteiger partial charge in [0.25, 0.3) is 0 Å². The van der Waals surface area contributed by atoms with Crippen LogP contribution in [0, 0.1) is 0 Å². The lowest BCUT2D eigenvalue weighted by molar-refractivity contribution is -0.135. The number of thiocarbonyl (C=S) groups is 1. The molecule has 0 aliphatic heterocycles. The molecule has 0 aliphatic rings. The lowest BCUT2D eigenvalue weighted by atomic mass is 10.2. The van der Waals surface area contributed by atoms with Crippen LogP contribution in [-0.2, 0) is 9.53 Å². The maximum absolute atomic E-state index is 11.7. The summed E-state index contributed by atoms with van der Waals surface area (Å²) in [6.07, 6.45) is 3.87. The Hall–Kier alpha value is -0.680. The van der Waals surface area contributed by atoms with Gasteiger partial charge in [-0.3, -0.25) is 4.79 Å². The van der Waals surface area contributed by atoms with Crippen molar-refractivity contribution in [1.29, 1.82) is 0 Å². The zero-order valence-electron chi connectivity index (χ0n) is 10.2. The van der Waals surface area contributed by atoms with Gasteiger partial charge in [-0.05, 0) is 6.42 Å². The minimum absolute atomic E-state index is 0.00912. The van der Waals surface area contributed by atoms with Crippen LogP contribution in [0.5, 0.6) is 0 Å². The minimum atomic E-state index is 0.00912. The highest BCUT2D eigenvalue weighted by atomic mass is 32.1. The summed E-state index contributed by atoms with van der Waals surface area (Å²) in [4.78, 5) is 13.9. The van der Waals surface area contributed by atoms with E-state index >= 15 is 0 Å². The highest BCUT2D eigenvalue weighted by molar-refractivity contribution is 7.80. The van der Waals surface area contributed by atoms with Crippen molar-refractivity contribution < 1.29 is 9.53 Å². The maximum Gasteiger partial charge on any atom is 0.248 e. The average molecular weight is 246 g/mol. The van der Waals surface area contributed by atoms with Gasteiger partial charge < -0.3 is 15.4 Å².